The fourth-order valence-electron chi connectivity index (χ4n) is 10.2. The van der Waals surface area contributed by atoms with Gasteiger partial charge in [-0.1, -0.05) is 45.0 Å². The van der Waals surface area contributed by atoms with Crippen LogP contribution in [0.3, 0.4) is 0 Å². The number of rotatable bonds is 17. The number of aryl methyl sites for hydroxylation is 1. The fourth-order valence-corrected chi connectivity index (χ4v) is 10.2. The molecule has 4 aromatic rings. The van der Waals surface area contributed by atoms with Crippen molar-refractivity contribution >= 4 is 29.4 Å². The maximum atomic E-state index is 14.8. The number of anilines is 2. The van der Waals surface area contributed by atoms with E-state index in [1.165, 1.54) is 23.8 Å². The number of esters is 1. The number of ketones is 1. The second-order valence-electron chi connectivity index (χ2n) is 18.7. The first kappa shape index (κ1) is 52.7. The Bertz CT molecular complexity index is 2400. The summed E-state index contributed by atoms with van der Waals surface area (Å²) in [6.07, 6.45) is 3.55. The van der Waals surface area contributed by atoms with Crippen LogP contribution in [0.25, 0.3) is 11.3 Å². The van der Waals surface area contributed by atoms with Crippen molar-refractivity contribution in [2.24, 2.45) is 17.8 Å². The normalized spacial score (nSPS) is 28.5. The van der Waals surface area contributed by atoms with Crippen molar-refractivity contribution in [2.75, 3.05) is 38.3 Å². The molecule has 5 heterocycles. The van der Waals surface area contributed by atoms with E-state index in [1.807, 2.05) is 81.2 Å². The molecule has 6 N–H and O–H groups in total. The molecule has 6 rings (SSSR count). The molecular formula is C49H72N10O10. The lowest BCUT2D eigenvalue weighted by molar-refractivity contribution is -0.264. The van der Waals surface area contributed by atoms with Crippen molar-refractivity contribution in [1.82, 2.24) is 39.3 Å². The summed E-state index contributed by atoms with van der Waals surface area (Å²) in [5, 5.41) is 24.2. The molecule has 20 heteroatoms. The summed E-state index contributed by atoms with van der Waals surface area (Å²) in [4.78, 5) is 63.4. The van der Waals surface area contributed by atoms with Gasteiger partial charge in [-0.25, -0.2) is 9.59 Å². The van der Waals surface area contributed by atoms with Gasteiger partial charge in [0.1, 0.15) is 29.6 Å². The molecular weight excluding hydrogens is 889 g/mol. The van der Waals surface area contributed by atoms with Crippen LogP contribution in [0.2, 0.25) is 0 Å². The average molecular weight is 961 g/mol. The standard InChI is InChI=1S/C49H72N10O10/c1-10-37(56-21-13-14-22-56)41(61)45(66-12-3)68-43-31(5)40(60)32(6)44(62)67-38(11-2)49(59-25-20-39(51)53-46(59)63)42(33(7)52-28-30(4)27-48(43,8)65-9)58(47(64)69-49)24-16-15-23-57-29-36(54-55-57)34-18-17-19-35(50)26-34/h13-14,17-22,25-26,29-33,37-38,41-43,45,52,61H,10-12,15-16,23-24,27-28,50H2,1-9H3,(H2,51,53,63)/t30-,31+,32-,33-,37?,38-,41?,42-,43-,45+,48-,49-/m1/s1. The van der Waals surface area contributed by atoms with E-state index >= 15 is 0 Å². The number of methoxy groups -OCH3 is 1. The third kappa shape index (κ3) is 11.4. The minimum Gasteiger partial charge on any atom is -0.455 e. The van der Waals surface area contributed by atoms with Gasteiger partial charge in [-0.2, -0.15) is 4.98 Å². The number of aliphatic hydroxyl groups is 1. The molecule has 69 heavy (non-hydrogen) atoms. The molecule has 2 aliphatic rings. The zero-order valence-corrected chi connectivity index (χ0v) is 41.4. The number of hydrogen-bond acceptors (Lipinski definition) is 16. The second-order valence-corrected chi connectivity index (χ2v) is 18.7. The summed E-state index contributed by atoms with van der Waals surface area (Å²) < 4.78 is 36.8. The molecule has 12 atom stereocenters. The van der Waals surface area contributed by atoms with Gasteiger partial charge in [-0.3, -0.25) is 23.7 Å². The van der Waals surface area contributed by atoms with Crippen LogP contribution in [0.1, 0.15) is 93.5 Å². The summed E-state index contributed by atoms with van der Waals surface area (Å²) in [6, 6.07) is 10.5. The molecule has 0 bridgehead atoms. The molecule has 0 radical (unpaired) electrons. The van der Waals surface area contributed by atoms with Crippen molar-refractivity contribution in [3.63, 3.8) is 0 Å². The first-order valence-electron chi connectivity index (χ1n) is 24.1. The minimum atomic E-state index is -1.98. The highest BCUT2D eigenvalue weighted by molar-refractivity contribution is 6.00. The first-order valence-corrected chi connectivity index (χ1v) is 24.1. The van der Waals surface area contributed by atoms with E-state index in [2.05, 4.69) is 20.6 Å². The quantitative estimate of drug-likeness (QED) is 0.0366. The number of hydrogen-bond donors (Lipinski definition) is 4. The SMILES string of the molecule is CCO[C@@H](O[C@@H]1[C@@H](C)C(=O)[C@@H](C)C(=O)O[C@H](CC)[C@@]2(n3ccc(N)nc3=O)OC(=O)N(CCCCn3cc(-c4cccc(N)c4)nn3)[C@@H]2[C@@H](C)NC[C@H](C)C[C@@]1(C)OC)C(O)C(CC)n1cccc1. The Kier molecular flexibility index (Phi) is 17.4. The lowest BCUT2D eigenvalue weighted by Crippen LogP contribution is -2.65. The van der Waals surface area contributed by atoms with Crippen LogP contribution in [-0.4, -0.2) is 126 Å². The highest BCUT2D eigenvalue weighted by atomic mass is 16.7. The number of aliphatic hydroxyl groups excluding tert-OH is 1. The number of benzene rings is 1. The monoisotopic (exact) mass is 961 g/mol. The lowest BCUT2D eigenvalue weighted by Gasteiger charge is -2.44. The van der Waals surface area contributed by atoms with Crippen LogP contribution < -0.4 is 22.5 Å². The van der Waals surface area contributed by atoms with Gasteiger partial charge in [0.25, 0.3) is 5.72 Å². The third-order valence-corrected chi connectivity index (χ3v) is 13.8. The summed E-state index contributed by atoms with van der Waals surface area (Å²) in [6.45, 7) is 15.6. The van der Waals surface area contributed by atoms with Gasteiger partial charge in [-0.05, 0) is 103 Å². The number of nitrogens with two attached hydrogens (primary N) is 2. The van der Waals surface area contributed by atoms with Crippen LogP contribution in [0, 0.1) is 17.8 Å². The van der Waals surface area contributed by atoms with E-state index in [0.29, 0.717) is 50.2 Å². The predicted octanol–water partition coefficient (Wildman–Crippen LogP) is 4.77. The maximum absolute atomic E-state index is 14.8. The van der Waals surface area contributed by atoms with Crippen molar-refractivity contribution < 1.29 is 43.2 Å². The molecule has 20 nitrogen and oxygen atoms in total. The molecule has 1 aromatic carbocycles. The smallest absolute Gasteiger partial charge is 0.412 e. The number of nitrogens with zero attached hydrogens (tertiary/aromatic N) is 7. The van der Waals surface area contributed by atoms with Crippen molar-refractivity contribution in [3.05, 3.63) is 77.7 Å². The topological polar surface area (TPSA) is 255 Å². The van der Waals surface area contributed by atoms with E-state index < -0.39 is 89.4 Å². The maximum Gasteiger partial charge on any atom is 0.412 e. The number of aromatic nitrogens is 6. The number of ether oxygens (including phenoxy) is 5. The molecule has 1 amide bonds. The Morgan fingerprint density at radius 3 is 2.36 bits per heavy atom. The van der Waals surface area contributed by atoms with E-state index in [9.17, 15) is 24.3 Å². The van der Waals surface area contributed by atoms with E-state index in [4.69, 9.17) is 35.2 Å². The summed E-state index contributed by atoms with van der Waals surface area (Å²) >= 11 is 0. The Balaban J connectivity index is 1.35. The number of amides is 1. The van der Waals surface area contributed by atoms with Gasteiger partial charge in [0.2, 0.25) is 0 Å². The average Bonchev–Trinajstić information content (AvgIpc) is 4.10. The number of unbranched alkanes of at least 4 members (excludes halogenated alkanes) is 1. The molecule has 0 spiro atoms. The fraction of sp³-hybridized carbons (Fsp3) is 0.612. The molecule has 3 aromatic heterocycles. The Morgan fingerprint density at radius 1 is 0.986 bits per heavy atom. The number of carbonyl (C=O) groups is 3. The summed E-state index contributed by atoms with van der Waals surface area (Å²) in [5.41, 5.74) is 10.1. The van der Waals surface area contributed by atoms with Gasteiger partial charge in [-0.15, -0.1) is 5.10 Å². The lowest BCUT2D eigenvalue weighted by atomic mass is 9.78. The molecule has 378 valence electrons. The van der Waals surface area contributed by atoms with E-state index in [1.54, 1.807) is 43.5 Å². The summed E-state index contributed by atoms with van der Waals surface area (Å²) in [5.74, 6) is -4.04. The van der Waals surface area contributed by atoms with E-state index in [-0.39, 0.29) is 31.3 Å². The molecule has 2 saturated heterocycles. The zero-order valence-electron chi connectivity index (χ0n) is 41.4. The van der Waals surface area contributed by atoms with Crippen LogP contribution in [0.15, 0.2) is 72.0 Å². The van der Waals surface area contributed by atoms with Crippen LogP contribution in [0.4, 0.5) is 16.3 Å². The van der Waals surface area contributed by atoms with Crippen molar-refractivity contribution in [1.29, 1.82) is 0 Å². The van der Waals surface area contributed by atoms with Crippen LogP contribution >= 0.6 is 0 Å². The summed E-state index contributed by atoms with van der Waals surface area (Å²) in [7, 11) is 1.54. The Morgan fingerprint density at radius 2 is 1.71 bits per heavy atom. The number of Topliss-reactive ketones (excluding diaryl/α,β-unsaturated/α-hetero) is 1. The number of nitrogens with one attached hydrogen (secondary N) is 1. The van der Waals surface area contributed by atoms with Gasteiger partial charge in [0, 0.05) is 68.6 Å². The second kappa shape index (κ2) is 22.8. The highest BCUT2D eigenvalue weighted by Gasteiger charge is 2.63. The molecule has 2 fully saturated rings. The molecule has 2 unspecified atom stereocenters. The largest absolute Gasteiger partial charge is 0.455 e. The Labute approximate surface area is 403 Å². The molecule has 0 aliphatic carbocycles. The first-order chi connectivity index (χ1) is 32.9. The number of carbonyl (C=O) groups excluding carboxylic acids is 3. The molecule has 0 saturated carbocycles. The van der Waals surface area contributed by atoms with E-state index in [0.717, 1.165) is 5.56 Å². The number of cyclic esters (lactones) is 1. The predicted molar refractivity (Wildman–Crippen MR) is 257 cm³/mol. The highest BCUT2D eigenvalue weighted by Crippen LogP contribution is 2.43. The van der Waals surface area contributed by atoms with Crippen LogP contribution in [0.5, 0.6) is 0 Å². The van der Waals surface area contributed by atoms with Gasteiger partial charge in [0.15, 0.2) is 18.2 Å². The molecule has 2 aliphatic heterocycles. The van der Waals surface area contributed by atoms with Crippen molar-refractivity contribution in [2.45, 2.75) is 148 Å². The number of nitrogen functional groups attached to an aromatic ring is 2. The number of fused-ring (bicyclic) bond motifs is 1. The van der Waals surface area contributed by atoms with Gasteiger partial charge in [0.05, 0.1) is 23.9 Å². The van der Waals surface area contributed by atoms with Crippen molar-refractivity contribution in [3.8, 4) is 11.3 Å². The minimum absolute atomic E-state index is 0.0558. The zero-order chi connectivity index (χ0) is 50.2. The Hall–Kier alpha value is -5.67. The van der Waals surface area contributed by atoms with Crippen LogP contribution in [-0.2, 0) is 45.5 Å². The van der Waals surface area contributed by atoms with Gasteiger partial charge >= 0.3 is 17.8 Å². The van der Waals surface area contributed by atoms with Gasteiger partial charge < -0.3 is 50.1 Å². The third-order valence-electron chi connectivity index (χ3n) is 13.8.